The maximum absolute atomic E-state index is 8.56. The van der Waals surface area contributed by atoms with Crippen molar-refractivity contribution in [2.75, 3.05) is 0 Å². The fourth-order valence-corrected chi connectivity index (χ4v) is 1.38. The van der Waals surface area contributed by atoms with Crippen LogP contribution in [0, 0.1) is 11.3 Å². The van der Waals surface area contributed by atoms with Gasteiger partial charge in [0.05, 0.1) is 20.1 Å². The van der Waals surface area contributed by atoms with Gasteiger partial charge in [-0.1, -0.05) is 23.7 Å². The Morgan fingerprint density at radius 1 is 1.23 bits per heavy atom. The number of rotatable bonds is 1. The highest BCUT2D eigenvalue weighted by Gasteiger charge is 2.01. The zero-order valence-electron chi connectivity index (χ0n) is 6.39. The average molecular weight is 321 g/mol. The fourth-order valence-electron chi connectivity index (χ4n) is 0.800. The van der Waals surface area contributed by atoms with Crippen LogP contribution < -0.4 is 0 Å². The Bertz CT molecular complexity index is 372. The van der Waals surface area contributed by atoms with Crippen LogP contribution in [0.4, 0.5) is 0 Å². The van der Waals surface area contributed by atoms with Crippen LogP contribution in [0.2, 0.25) is 0 Å². The zero-order chi connectivity index (χ0) is 9.84. The molecule has 0 atom stereocenters. The van der Waals surface area contributed by atoms with Crippen molar-refractivity contribution in [2.45, 2.75) is 0 Å². The van der Waals surface area contributed by atoms with Crippen LogP contribution in [0.1, 0.15) is 11.1 Å². The van der Waals surface area contributed by atoms with Gasteiger partial charge in [0, 0.05) is 0 Å². The second kappa shape index (κ2) is 4.80. The van der Waals surface area contributed by atoms with E-state index < -0.39 is 0 Å². The summed E-state index contributed by atoms with van der Waals surface area (Å²) in [7, 11) is 0. The van der Waals surface area contributed by atoms with Gasteiger partial charge in [0.1, 0.15) is 0 Å². The molecule has 0 aromatic heterocycles. The Morgan fingerprint density at radius 3 is 2.15 bits per heavy atom. The molecule has 0 heterocycles. The van der Waals surface area contributed by atoms with Crippen LogP contribution in [-0.2, 0) is 0 Å². The molecule has 1 rings (SSSR count). The third-order valence-corrected chi connectivity index (χ3v) is 3.09. The third-order valence-electron chi connectivity index (χ3n) is 1.43. The first-order valence-electron chi connectivity index (χ1n) is 3.36. The van der Waals surface area contributed by atoms with E-state index in [0.29, 0.717) is 14.0 Å². The van der Waals surface area contributed by atoms with Crippen molar-refractivity contribution in [2.24, 2.45) is 0 Å². The van der Waals surface area contributed by atoms with Crippen LogP contribution in [0.15, 0.2) is 27.7 Å². The largest absolute Gasteiger partial charge is 0.192 e. The quantitative estimate of drug-likeness (QED) is 0.760. The molecule has 0 spiro atoms. The van der Waals surface area contributed by atoms with Gasteiger partial charge >= 0.3 is 0 Å². The summed E-state index contributed by atoms with van der Waals surface area (Å²) < 4.78 is 0.700. The molecular formula is C9H4Br2ClN. The lowest BCUT2D eigenvalue weighted by Gasteiger charge is -1.98. The van der Waals surface area contributed by atoms with Gasteiger partial charge in [0.25, 0.3) is 0 Å². The summed E-state index contributed by atoms with van der Waals surface area (Å²) in [6.07, 6.45) is 0. The summed E-state index contributed by atoms with van der Waals surface area (Å²) in [4.78, 5) is 0. The van der Waals surface area contributed by atoms with Gasteiger partial charge in [0.2, 0.25) is 0 Å². The van der Waals surface area contributed by atoms with E-state index in [-0.39, 0.29) is 0 Å². The van der Waals surface area contributed by atoms with Gasteiger partial charge in [-0.25, -0.2) is 0 Å². The molecule has 0 radical (unpaired) electrons. The minimum atomic E-state index is 0.587. The van der Waals surface area contributed by atoms with Crippen molar-refractivity contribution in [1.29, 1.82) is 5.26 Å². The Morgan fingerprint density at radius 2 is 1.77 bits per heavy atom. The molecule has 0 aliphatic rings. The first kappa shape index (κ1) is 10.8. The molecule has 1 aromatic rings. The summed E-state index contributed by atoms with van der Waals surface area (Å²) in [6, 6.07) is 9.08. The van der Waals surface area contributed by atoms with E-state index in [1.807, 2.05) is 6.07 Å². The van der Waals surface area contributed by atoms with Crippen LogP contribution in [-0.4, -0.2) is 0 Å². The molecule has 4 heteroatoms. The lowest BCUT2D eigenvalue weighted by atomic mass is 10.1. The maximum Gasteiger partial charge on any atom is 0.0991 e. The van der Waals surface area contributed by atoms with E-state index in [4.69, 9.17) is 16.9 Å². The smallest absolute Gasteiger partial charge is 0.0991 e. The lowest BCUT2D eigenvalue weighted by Crippen LogP contribution is -1.78. The molecule has 0 bridgehead atoms. The first-order valence-corrected chi connectivity index (χ1v) is 5.33. The number of hydrogen-bond donors (Lipinski definition) is 0. The molecule has 0 aliphatic carbocycles. The van der Waals surface area contributed by atoms with Gasteiger partial charge in [-0.05, 0) is 49.6 Å². The molecule has 66 valence electrons. The Labute approximate surface area is 98.3 Å². The zero-order valence-corrected chi connectivity index (χ0v) is 10.3. The van der Waals surface area contributed by atoms with Crippen molar-refractivity contribution >= 4 is 48.5 Å². The molecular weight excluding hydrogens is 317 g/mol. The van der Waals surface area contributed by atoms with E-state index in [9.17, 15) is 0 Å². The summed E-state index contributed by atoms with van der Waals surface area (Å²) in [5.74, 6) is 0. The predicted molar refractivity (Wildman–Crippen MR) is 61.8 cm³/mol. The Hall–Kier alpha value is -0.300. The fraction of sp³-hybridized carbons (Fsp3) is 0. The van der Waals surface area contributed by atoms with Gasteiger partial charge in [-0.2, -0.15) is 5.26 Å². The highest BCUT2D eigenvalue weighted by Crippen LogP contribution is 2.30. The van der Waals surface area contributed by atoms with Gasteiger partial charge in [0.15, 0.2) is 0 Å². The van der Waals surface area contributed by atoms with E-state index in [1.165, 1.54) is 0 Å². The van der Waals surface area contributed by atoms with Crippen LogP contribution >= 0.6 is 43.5 Å². The van der Waals surface area contributed by atoms with Crippen molar-refractivity contribution < 1.29 is 0 Å². The Balaban J connectivity index is 3.08. The maximum atomic E-state index is 8.56. The summed E-state index contributed by atoms with van der Waals surface area (Å²) in [5.41, 5.74) is 1.49. The number of benzene rings is 1. The second-order valence-electron chi connectivity index (χ2n) is 2.26. The minimum Gasteiger partial charge on any atom is -0.192 e. The number of nitrogens with zero attached hydrogens (tertiary/aromatic N) is 1. The number of hydrogen-bond acceptors (Lipinski definition) is 1. The highest BCUT2D eigenvalue weighted by molar-refractivity contribution is 9.28. The molecule has 0 saturated heterocycles. The standard InChI is InChI=1S/C9H4Br2ClN/c10-9(11)8(12)7-3-1-6(5-13)2-4-7/h1-4H. The second-order valence-corrected chi connectivity index (χ2v) is 5.29. The topological polar surface area (TPSA) is 23.8 Å². The van der Waals surface area contributed by atoms with Gasteiger partial charge in [-0.15, -0.1) is 0 Å². The molecule has 0 fully saturated rings. The minimum absolute atomic E-state index is 0.587. The molecule has 0 amide bonds. The molecule has 0 saturated carbocycles. The SMILES string of the molecule is N#Cc1ccc(C(Cl)=C(Br)Br)cc1. The number of halogens is 3. The molecule has 0 N–H and O–H groups in total. The van der Waals surface area contributed by atoms with Crippen LogP contribution in [0.5, 0.6) is 0 Å². The van der Waals surface area contributed by atoms with Crippen molar-refractivity contribution in [1.82, 2.24) is 0 Å². The third kappa shape index (κ3) is 2.84. The molecule has 1 nitrogen and oxygen atoms in total. The number of nitriles is 1. The van der Waals surface area contributed by atoms with Crippen LogP contribution in [0.3, 0.4) is 0 Å². The predicted octanol–water partition coefficient (Wildman–Crippen LogP) is 4.21. The average Bonchev–Trinajstić information content (AvgIpc) is 2.17. The van der Waals surface area contributed by atoms with E-state index in [0.717, 1.165) is 5.56 Å². The normalized spacial score (nSPS) is 9.08. The van der Waals surface area contributed by atoms with E-state index >= 15 is 0 Å². The molecule has 0 aliphatic heterocycles. The van der Waals surface area contributed by atoms with E-state index in [2.05, 4.69) is 31.9 Å². The summed E-state index contributed by atoms with van der Waals surface area (Å²) in [5, 5.41) is 9.15. The van der Waals surface area contributed by atoms with Crippen molar-refractivity contribution in [3.8, 4) is 6.07 Å². The lowest BCUT2D eigenvalue weighted by molar-refractivity contribution is 1.48. The molecule has 13 heavy (non-hydrogen) atoms. The first-order chi connectivity index (χ1) is 6.15. The van der Waals surface area contributed by atoms with Crippen LogP contribution in [0.25, 0.3) is 5.03 Å². The summed E-state index contributed by atoms with van der Waals surface area (Å²) >= 11 is 12.4. The molecule has 1 aromatic carbocycles. The van der Waals surface area contributed by atoms with Crippen molar-refractivity contribution in [3.05, 3.63) is 38.8 Å². The molecule has 0 unspecified atom stereocenters. The highest BCUT2D eigenvalue weighted by atomic mass is 79.9. The summed E-state index contributed by atoms with van der Waals surface area (Å²) in [6.45, 7) is 0. The Kier molecular flexibility index (Phi) is 3.98. The van der Waals surface area contributed by atoms with Crippen molar-refractivity contribution in [3.63, 3.8) is 0 Å². The van der Waals surface area contributed by atoms with Gasteiger partial charge < -0.3 is 0 Å². The monoisotopic (exact) mass is 319 g/mol. The van der Waals surface area contributed by atoms with E-state index in [1.54, 1.807) is 24.3 Å². The van der Waals surface area contributed by atoms with Gasteiger partial charge in [-0.3, -0.25) is 0 Å².